The van der Waals surface area contributed by atoms with Crippen LogP contribution in [0.5, 0.6) is 5.75 Å². The van der Waals surface area contributed by atoms with Crippen LogP contribution in [0, 0.1) is 11.8 Å². The van der Waals surface area contributed by atoms with Gasteiger partial charge < -0.3 is 26.2 Å². The van der Waals surface area contributed by atoms with E-state index in [-0.39, 0.29) is 29.7 Å². The predicted molar refractivity (Wildman–Crippen MR) is 104 cm³/mol. The molecule has 0 spiro atoms. The Bertz CT molecular complexity index is 1170. The molecule has 9 heteroatoms. The molecule has 1 aromatic carbocycles. The second kappa shape index (κ2) is 6.41. The van der Waals surface area contributed by atoms with Gasteiger partial charge in [0.25, 0.3) is 5.91 Å². The summed E-state index contributed by atoms with van der Waals surface area (Å²) in [5.74, 6) is -8.11. The molecule has 6 N–H and O–H groups in total. The fraction of sp³-hybridized carbons (Fsp3) is 0.381. The van der Waals surface area contributed by atoms with E-state index in [0.717, 1.165) is 7.05 Å². The van der Waals surface area contributed by atoms with Gasteiger partial charge in [-0.05, 0) is 44.4 Å². The smallest absolute Gasteiger partial charge is 0.255 e. The van der Waals surface area contributed by atoms with Crippen LogP contribution in [0.4, 0.5) is 0 Å². The number of carbonyl (C=O) groups excluding carboxylic acids is 3. The van der Waals surface area contributed by atoms with Gasteiger partial charge in [-0.15, -0.1) is 0 Å². The molecule has 1 saturated carbocycles. The third-order valence-corrected chi connectivity index (χ3v) is 6.32. The Morgan fingerprint density at radius 1 is 1.30 bits per heavy atom. The molecule has 30 heavy (non-hydrogen) atoms. The molecular formula is C21H22N2O7. The number of amides is 1. The van der Waals surface area contributed by atoms with Gasteiger partial charge in [0.05, 0.1) is 11.6 Å². The van der Waals surface area contributed by atoms with E-state index in [0.29, 0.717) is 10.5 Å². The maximum Gasteiger partial charge on any atom is 0.255 e. The molecule has 0 heterocycles. The average Bonchev–Trinajstić information content (AvgIpc) is 2.69. The van der Waals surface area contributed by atoms with E-state index in [2.05, 4.69) is 0 Å². The van der Waals surface area contributed by atoms with Gasteiger partial charge in [0.15, 0.2) is 11.4 Å². The van der Waals surface area contributed by atoms with Crippen molar-refractivity contribution >= 4 is 23.2 Å². The van der Waals surface area contributed by atoms with Gasteiger partial charge in [-0.25, -0.2) is 0 Å². The summed E-state index contributed by atoms with van der Waals surface area (Å²) in [7, 11) is 1.08. The van der Waals surface area contributed by atoms with Crippen LogP contribution in [0.3, 0.4) is 0 Å². The van der Waals surface area contributed by atoms with Crippen LogP contribution in [0.15, 0.2) is 35.1 Å². The summed E-state index contributed by atoms with van der Waals surface area (Å²) in [6, 6.07) is 2.81. The van der Waals surface area contributed by atoms with Gasteiger partial charge in [0.2, 0.25) is 5.78 Å². The molecule has 4 rings (SSSR count). The van der Waals surface area contributed by atoms with Crippen LogP contribution in [-0.4, -0.2) is 68.5 Å². The standard InChI is InChI=1S/C21H22N2O7/c1-23(2)15-10-7-9-6-8-4-3-5-11(24)12(8)16(25)13(9)18(27)21(10,30)19(28)14(17(15)26)20(22)29/h3-5,9-10,15,24-25,28,30H,6-7H2,1-2H3,(H2,22,29)/t9?,10?,15-,21-/m0/s1/i1D3. The zero-order chi connectivity index (χ0) is 24.6. The number of Topliss-reactive ketones (excluding diaryl/α,β-unsaturated/α-hetero) is 2. The molecule has 3 aliphatic rings. The number of ketones is 2. The van der Waals surface area contributed by atoms with E-state index in [4.69, 9.17) is 9.85 Å². The number of aliphatic hydroxyl groups excluding tert-OH is 2. The van der Waals surface area contributed by atoms with E-state index in [9.17, 15) is 34.8 Å². The van der Waals surface area contributed by atoms with Gasteiger partial charge in [-0.3, -0.25) is 19.3 Å². The molecule has 0 aliphatic heterocycles. The van der Waals surface area contributed by atoms with Gasteiger partial charge >= 0.3 is 0 Å². The number of phenolic OH excluding ortho intramolecular Hbond substituents is 1. The summed E-state index contributed by atoms with van der Waals surface area (Å²) in [6.45, 7) is -2.84. The number of nitrogens with zero attached hydrogens (tertiary/aromatic N) is 1. The van der Waals surface area contributed by atoms with Crippen molar-refractivity contribution < 1.29 is 38.9 Å². The van der Waals surface area contributed by atoms with Gasteiger partial charge in [0, 0.05) is 15.6 Å². The second-order valence-corrected chi connectivity index (χ2v) is 7.92. The second-order valence-electron chi connectivity index (χ2n) is 7.92. The zero-order valence-corrected chi connectivity index (χ0v) is 15.9. The largest absolute Gasteiger partial charge is 0.508 e. The molecule has 3 aliphatic carbocycles. The summed E-state index contributed by atoms with van der Waals surface area (Å²) < 4.78 is 23.1. The SMILES string of the molecule is [2H]C([2H])([2H])N(C)[C@@H]1C(=O)C(C(N)=O)=C(O)[C@@]2(O)C(=O)C3=C(O)c4c(O)cccc4CC3CC12. The number of aliphatic hydroxyl groups is 3. The number of carbonyl (C=O) groups is 3. The number of benzene rings is 1. The molecule has 1 aromatic rings. The molecule has 9 nitrogen and oxygen atoms in total. The maximum atomic E-state index is 13.6. The third kappa shape index (κ3) is 2.39. The van der Waals surface area contributed by atoms with Crippen molar-refractivity contribution in [2.45, 2.75) is 24.5 Å². The number of phenols is 1. The number of nitrogens with two attached hydrogens (primary N) is 1. The minimum Gasteiger partial charge on any atom is -0.508 e. The summed E-state index contributed by atoms with van der Waals surface area (Å²) >= 11 is 0. The summed E-state index contributed by atoms with van der Waals surface area (Å²) in [6.07, 6.45) is -0.0311. The molecule has 0 aromatic heterocycles. The monoisotopic (exact) mass is 417 g/mol. The molecular weight excluding hydrogens is 392 g/mol. The number of hydrogen-bond acceptors (Lipinski definition) is 8. The number of aromatic hydroxyl groups is 1. The van der Waals surface area contributed by atoms with Gasteiger partial charge in [-0.2, -0.15) is 0 Å². The first-order chi connectivity index (χ1) is 15.2. The van der Waals surface area contributed by atoms with Crippen molar-refractivity contribution in [3.8, 4) is 5.75 Å². The molecule has 0 radical (unpaired) electrons. The first-order valence-electron chi connectivity index (χ1n) is 10.7. The number of hydrogen-bond donors (Lipinski definition) is 5. The minimum absolute atomic E-state index is 0.000731. The molecule has 1 amide bonds. The maximum absolute atomic E-state index is 13.6. The average molecular weight is 417 g/mol. The number of rotatable bonds is 2. The Hall–Kier alpha value is -3.17. The fourth-order valence-corrected chi connectivity index (χ4v) is 5.03. The molecule has 1 fully saturated rings. The van der Waals surface area contributed by atoms with Crippen molar-refractivity contribution in [1.82, 2.24) is 4.90 Å². The van der Waals surface area contributed by atoms with Crippen LogP contribution < -0.4 is 5.73 Å². The van der Waals surface area contributed by atoms with Crippen LogP contribution in [0.1, 0.15) is 21.7 Å². The highest BCUT2D eigenvalue weighted by Gasteiger charge is 2.64. The van der Waals surface area contributed by atoms with Crippen molar-refractivity contribution in [3.63, 3.8) is 0 Å². The molecule has 4 atom stereocenters. The van der Waals surface area contributed by atoms with Gasteiger partial charge in [-0.1, -0.05) is 12.1 Å². The quantitative estimate of drug-likeness (QED) is 0.419. The van der Waals surface area contributed by atoms with Crippen LogP contribution in [0.2, 0.25) is 0 Å². The fourth-order valence-electron chi connectivity index (χ4n) is 5.03. The van der Waals surface area contributed by atoms with E-state index in [1.165, 1.54) is 6.07 Å². The van der Waals surface area contributed by atoms with Crippen LogP contribution >= 0.6 is 0 Å². The summed E-state index contributed by atoms with van der Waals surface area (Å²) in [4.78, 5) is 39.3. The lowest BCUT2D eigenvalue weighted by Gasteiger charge is -2.50. The number of likely N-dealkylation sites (N-methyl/N-ethyl adjacent to an activating group) is 1. The lowest BCUT2D eigenvalue weighted by Crippen LogP contribution is -2.65. The van der Waals surface area contributed by atoms with E-state index < -0.39 is 65.0 Å². The number of primary amides is 1. The van der Waals surface area contributed by atoms with Crippen LogP contribution in [-0.2, 0) is 20.8 Å². The summed E-state index contributed by atoms with van der Waals surface area (Å²) in [5, 5.41) is 43.3. The van der Waals surface area contributed by atoms with Crippen LogP contribution in [0.25, 0.3) is 5.76 Å². The Kier molecular flexibility index (Phi) is 3.55. The molecule has 0 bridgehead atoms. The highest BCUT2D eigenvalue weighted by atomic mass is 16.3. The lowest BCUT2D eigenvalue weighted by molar-refractivity contribution is -0.153. The predicted octanol–water partition coefficient (Wildman–Crippen LogP) is -0.0360. The van der Waals surface area contributed by atoms with Crippen molar-refractivity contribution in [2.24, 2.45) is 17.6 Å². The highest BCUT2D eigenvalue weighted by Crippen LogP contribution is 2.52. The highest BCUT2D eigenvalue weighted by molar-refractivity contribution is 6.24. The molecule has 0 saturated heterocycles. The Labute approximate surface area is 175 Å². The zero-order valence-electron chi connectivity index (χ0n) is 18.9. The first kappa shape index (κ1) is 16.6. The van der Waals surface area contributed by atoms with Crippen molar-refractivity contribution in [2.75, 3.05) is 14.0 Å². The van der Waals surface area contributed by atoms with E-state index >= 15 is 0 Å². The first-order valence-corrected chi connectivity index (χ1v) is 9.25. The van der Waals surface area contributed by atoms with E-state index in [1.54, 1.807) is 12.1 Å². The normalized spacial score (nSPS) is 32.8. The summed E-state index contributed by atoms with van der Waals surface area (Å²) in [5.41, 5.74) is 1.51. The Balaban J connectivity index is 1.98. The minimum atomic E-state index is -2.88. The van der Waals surface area contributed by atoms with Crippen molar-refractivity contribution in [1.29, 1.82) is 0 Å². The van der Waals surface area contributed by atoms with Gasteiger partial charge in [0.1, 0.15) is 22.8 Å². The Morgan fingerprint density at radius 3 is 2.63 bits per heavy atom. The lowest BCUT2D eigenvalue weighted by atomic mass is 9.57. The Morgan fingerprint density at radius 2 is 2.00 bits per heavy atom. The van der Waals surface area contributed by atoms with Crippen molar-refractivity contribution in [3.05, 3.63) is 46.2 Å². The third-order valence-electron chi connectivity index (χ3n) is 6.32. The molecule has 158 valence electrons. The van der Waals surface area contributed by atoms with E-state index in [1.807, 2.05) is 0 Å². The topological polar surface area (TPSA) is 161 Å². The molecule has 2 unspecified atom stereocenters. The number of fused-ring (bicyclic) bond motifs is 3.